The zero-order valence-electron chi connectivity index (χ0n) is 12.6. The molecule has 0 fully saturated rings. The lowest BCUT2D eigenvalue weighted by Gasteiger charge is -2.31. The van der Waals surface area contributed by atoms with Crippen molar-refractivity contribution < 1.29 is 18.0 Å². The van der Waals surface area contributed by atoms with E-state index in [0.717, 1.165) is 23.3 Å². The third kappa shape index (κ3) is 2.96. The van der Waals surface area contributed by atoms with E-state index in [1.807, 2.05) is 19.9 Å². The number of benzene rings is 2. The first-order chi connectivity index (χ1) is 10.7. The lowest BCUT2D eigenvalue weighted by atomic mass is 9.77. The highest BCUT2D eigenvalue weighted by Crippen LogP contribution is 2.39. The summed E-state index contributed by atoms with van der Waals surface area (Å²) in [7, 11) is 0. The van der Waals surface area contributed by atoms with E-state index in [0.29, 0.717) is 11.3 Å². The lowest BCUT2D eigenvalue weighted by Crippen LogP contribution is -2.33. The van der Waals surface area contributed by atoms with E-state index < -0.39 is 17.2 Å². The molecule has 0 aromatic heterocycles. The maximum Gasteiger partial charge on any atom is 0.416 e. The predicted octanol–water partition coefficient (Wildman–Crippen LogP) is 4.68. The van der Waals surface area contributed by atoms with Gasteiger partial charge in [0.2, 0.25) is 5.91 Å². The number of anilines is 1. The second-order valence-electron chi connectivity index (χ2n) is 6.04. The molecular weight excluding hydrogens is 303 g/mol. The highest BCUT2D eigenvalue weighted by Gasteiger charge is 2.33. The largest absolute Gasteiger partial charge is 0.416 e. The van der Waals surface area contributed by atoms with Crippen LogP contribution in [0.15, 0.2) is 42.5 Å². The van der Waals surface area contributed by atoms with Crippen molar-refractivity contribution in [1.29, 1.82) is 0 Å². The number of alkyl halides is 3. The van der Waals surface area contributed by atoms with Crippen LogP contribution < -0.4 is 5.32 Å². The van der Waals surface area contributed by atoms with Gasteiger partial charge in [0.1, 0.15) is 0 Å². The van der Waals surface area contributed by atoms with Gasteiger partial charge in [0.15, 0.2) is 0 Å². The molecule has 1 aliphatic heterocycles. The van der Waals surface area contributed by atoms with Crippen LogP contribution in [0.4, 0.5) is 18.9 Å². The average molecular weight is 317 g/mol. The molecule has 0 atom stereocenters. The second kappa shape index (κ2) is 5.11. The molecule has 23 heavy (non-hydrogen) atoms. The molecule has 2 aromatic rings. The van der Waals surface area contributed by atoms with E-state index in [2.05, 4.69) is 11.7 Å². The van der Waals surface area contributed by atoms with Gasteiger partial charge in [-0.25, -0.2) is 0 Å². The van der Waals surface area contributed by atoms with E-state index in [4.69, 9.17) is 0 Å². The molecule has 118 valence electrons. The monoisotopic (exact) mass is 317 g/mol. The van der Waals surface area contributed by atoms with Gasteiger partial charge < -0.3 is 5.32 Å². The van der Waals surface area contributed by atoms with Gasteiger partial charge in [-0.1, -0.05) is 32.0 Å². The quantitative estimate of drug-likeness (QED) is 0.812. The standard InChI is InChI=1S/C18H14F3NO/c1-17(2)10-16(23)22-15-8-5-12(9-14(15)17)11-3-6-13(7-4-11)18(19,20)21/h3-9H,1-2H3,(H,22,23). The van der Waals surface area contributed by atoms with E-state index in [1.54, 1.807) is 12.1 Å². The van der Waals surface area contributed by atoms with Crippen molar-refractivity contribution in [2.24, 2.45) is 0 Å². The molecular formula is C18H14F3NO. The molecule has 3 rings (SSSR count). The molecule has 1 amide bonds. The van der Waals surface area contributed by atoms with Gasteiger partial charge in [0.25, 0.3) is 0 Å². The molecule has 0 spiro atoms. The van der Waals surface area contributed by atoms with Crippen LogP contribution in [-0.4, -0.2) is 5.91 Å². The van der Waals surface area contributed by atoms with Crippen LogP contribution >= 0.6 is 0 Å². The first kappa shape index (κ1) is 15.6. The Morgan fingerprint density at radius 2 is 1.61 bits per heavy atom. The van der Waals surface area contributed by atoms with Crippen LogP contribution in [0.2, 0.25) is 0 Å². The number of halogens is 3. The topological polar surface area (TPSA) is 29.1 Å². The van der Waals surface area contributed by atoms with Gasteiger partial charge >= 0.3 is 6.18 Å². The number of amides is 1. The smallest absolute Gasteiger partial charge is 0.325 e. The van der Waals surface area contributed by atoms with Gasteiger partial charge in [0.05, 0.1) is 12.0 Å². The van der Waals surface area contributed by atoms with E-state index >= 15 is 0 Å². The Bertz CT molecular complexity index is 761. The second-order valence-corrected chi connectivity index (χ2v) is 6.04. The van der Waals surface area contributed by atoms with Crippen molar-refractivity contribution in [3.63, 3.8) is 0 Å². The molecule has 1 heterocycles. The van der Waals surface area contributed by atoms with Crippen molar-refractivity contribution in [2.45, 2.75) is 25.4 Å². The zero-order chi connectivity index (χ0) is 16.8. The van der Waals surface area contributed by atoms with Crippen LogP contribution in [0.3, 0.4) is 0 Å². The molecule has 5 heteroatoms. The minimum absolute atomic E-state index is 0.273. The highest BCUT2D eigenvalue weighted by molar-refractivity contribution is 6.02. The third-order valence-corrected chi connectivity index (χ3v) is 3.91. The van der Waals surface area contributed by atoms with Gasteiger partial charge in [0, 0.05) is 11.1 Å². The van der Waals surface area contributed by atoms with Gasteiger partial charge in [-0.15, -0.1) is 0 Å². The number of nitrogens with one attached hydrogen (secondary N) is 1. The van der Waals surface area contributed by atoms with Gasteiger partial charge in [-0.05, 0) is 41.0 Å². The Hall–Kier alpha value is -2.30. The molecule has 1 aliphatic rings. The molecule has 0 saturated heterocycles. The lowest BCUT2D eigenvalue weighted by molar-refractivity contribution is -0.137. The summed E-state index contributed by atoms with van der Waals surface area (Å²) >= 11 is 0. The normalized spacial score (nSPS) is 16.7. The van der Waals surface area contributed by atoms with Crippen LogP contribution in [-0.2, 0) is 16.4 Å². The van der Waals surface area contributed by atoms with E-state index in [-0.39, 0.29) is 5.91 Å². The van der Waals surface area contributed by atoms with Crippen molar-refractivity contribution in [3.8, 4) is 11.1 Å². The Kier molecular flexibility index (Phi) is 3.47. The zero-order valence-corrected chi connectivity index (χ0v) is 12.6. The third-order valence-electron chi connectivity index (χ3n) is 3.91. The summed E-state index contributed by atoms with van der Waals surface area (Å²) in [5, 5.41) is 2.72. The van der Waals surface area contributed by atoms with Crippen LogP contribution in [0.1, 0.15) is 25.0 Å². The van der Waals surface area contributed by atoms with Gasteiger partial charge in [-0.3, -0.25) is 4.79 Å². The molecule has 2 aromatic carbocycles. The summed E-state index contributed by atoms with van der Waals surface area (Å²) in [6.07, 6.45) is -1.52. The minimum atomic E-state index is -4.34. The molecule has 0 bridgehead atoms. The number of hydrogen-bond donors (Lipinski definition) is 1. The fraction of sp³-hybridized carbons (Fsp3) is 0.222. The number of hydrogen-bond acceptors (Lipinski definition) is 1. The Labute approximate surface area is 132 Å². The number of rotatable bonds is 1. The fourth-order valence-electron chi connectivity index (χ4n) is 2.71. The molecule has 0 aliphatic carbocycles. The summed E-state index contributed by atoms with van der Waals surface area (Å²) in [4.78, 5) is 11.6. The van der Waals surface area contributed by atoms with Crippen molar-refractivity contribution in [1.82, 2.24) is 0 Å². The highest BCUT2D eigenvalue weighted by atomic mass is 19.4. The van der Waals surface area contributed by atoms with Crippen LogP contribution in [0.25, 0.3) is 11.1 Å². The minimum Gasteiger partial charge on any atom is -0.325 e. The Morgan fingerprint density at radius 1 is 1.00 bits per heavy atom. The summed E-state index contributed by atoms with van der Waals surface area (Å²) in [5.74, 6) is -0.273. The summed E-state index contributed by atoms with van der Waals surface area (Å²) in [5.41, 5.74) is 1.84. The number of carbonyl (C=O) groups excluding carboxylic acids is 1. The van der Waals surface area contributed by atoms with Crippen molar-refractivity contribution in [3.05, 3.63) is 60.0 Å². The van der Waals surface area contributed by atoms with Gasteiger partial charge in [-0.2, -0.15) is 13.2 Å². The van der Waals surface area contributed by atoms with Crippen LogP contribution in [0.5, 0.6) is 0 Å². The predicted molar refractivity (Wildman–Crippen MR) is 81.8 cm³/mol. The summed E-state index contributed by atoms with van der Waals surface area (Å²) in [6, 6.07) is 10.5. The molecule has 2 nitrogen and oxygen atoms in total. The number of fused-ring (bicyclic) bond motifs is 1. The van der Waals surface area contributed by atoms with Crippen LogP contribution in [0, 0.1) is 6.42 Å². The Balaban J connectivity index is 2.01. The van der Waals surface area contributed by atoms with E-state index in [9.17, 15) is 18.0 Å². The molecule has 2 radical (unpaired) electrons. The SMILES string of the molecule is CC1(C)[C]C(=O)Nc2ccc(-c3ccc(C(F)(F)F)cc3)cc21. The van der Waals surface area contributed by atoms with E-state index in [1.165, 1.54) is 12.1 Å². The average Bonchev–Trinajstić information content (AvgIpc) is 2.45. The molecule has 1 N–H and O–H groups in total. The molecule has 0 saturated carbocycles. The molecule has 0 unspecified atom stereocenters. The maximum atomic E-state index is 12.6. The van der Waals surface area contributed by atoms with Crippen molar-refractivity contribution in [2.75, 3.05) is 5.32 Å². The first-order valence-electron chi connectivity index (χ1n) is 7.08. The first-order valence-corrected chi connectivity index (χ1v) is 7.08. The summed E-state index contributed by atoms with van der Waals surface area (Å²) < 4.78 is 37.9. The fourth-order valence-corrected chi connectivity index (χ4v) is 2.71. The summed E-state index contributed by atoms with van der Waals surface area (Å²) in [6.45, 7) is 3.75. The number of carbonyl (C=O) groups is 1. The maximum absolute atomic E-state index is 12.6. The van der Waals surface area contributed by atoms with Crippen molar-refractivity contribution >= 4 is 11.6 Å². The Morgan fingerprint density at radius 3 is 2.22 bits per heavy atom.